The van der Waals surface area contributed by atoms with E-state index in [2.05, 4.69) is 58.7 Å². The molecule has 168 valence electrons. The minimum Gasteiger partial charge on any atom is -0.355 e. The van der Waals surface area contributed by atoms with Crippen LogP contribution in [0.3, 0.4) is 0 Å². The van der Waals surface area contributed by atoms with Gasteiger partial charge in [0.15, 0.2) is 5.65 Å². The van der Waals surface area contributed by atoms with E-state index in [-0.39, 0.29) is 11.8 Å². The van der Waals surface area contributed by atoms with Crippen LogP contribution >= 0.6 is 0 Å². The summed E-state index contributed by atoms with van der Waals surface area (Å²) in [5.41, 5.74) is 7.45. The molecule has 1 aromatic carbocycles. The van der Waals surface area contributed by atoms with Crippen molar-refractivity contribution >= 4 is 22.9 Å². The molecule has 0 radical (unpaired) electrons. The number of nitrogens with one attached hydrogen (secondary N) is 1. The highest BCUT2D eigenvalue weighted by Gasteiger charge is 2.28. The van der Waals surface area contributed by atoms with Gasteiger partial charge in [0.05, 0.1) is 6.20 Å². The number of pyridine rings is 1. The van der Waals surface area contributed by atoms with Crippen LogP contribution in [0, 0.1) is 20.8 Å². The number of rotatable bonds is 4. The fraction of sp³-hybridized carbons (Fsp3) is 0.308. The molecule has 4 aromatic rings. The zero-order valence-corrected chi connectivity index (χ0v) is 19.2. The molecule has 1 amide bonds. The van der Waals surface area contributed by atoms with Gasteiger partial charge in [-0.25, -0.2) is 9.50 Å². The van der Waals surface area contributed by atoms with Crippen molar-refractivity contribution in [3.63, 3.8) is 0 Å². The molecule has 1 aliphatic rings. The molecule has 0 unspecified atom stereocenters. The van der Waals surface area contributed by atoms with E-state index in [1.807, 2.05) is 24.9 Å². The van der Waals surface area contributed by atoms with Crippen molar-refractivity contribution in [1.82, 2.24) is 24.5 Å². The average Bonchev–Trinajstić information content (AvgIpc) is 3.23. The van der Waals surface area contributed by atoms with Crippen LogP contribution in [-0.2, 0) is 0 Å². The molecular formula is C26H28N6O. The minimum atomic E-state index is -0.0169. The molecule has 7 heteroatoms. The van der Waals surface area contributed by atoms with Crippen LogP contribution in [0.2, 0.25) is 0 Å². The Morgan fingerprint density at radius 2 is 1.85 bits per heavy atom. The van der Waals surface area contributed by atoms with Gasteiger partial charge in [-0.2, -0.15) is 5.10 Å². The Balaban J connectivity index is 1.36. The smallest absolute Gasteiger partial charge is 0.259 e. The van der Waals surface area contributed by atoms with Gasteiger partial charge in [0.25, 0.3) is 5.91 Å². The standard InChI is InChI=1S/C26H28N6O/c1-17-6-8-21(9-7-17)30-22-11-19(3)29-24(12-22)20-5-4-10-31(16-20)26(33)23-14-28-32-15-18(2)13-27-25(23)32/h6-9,11-15,20H,4-5,10,16H2,1-3H3,(H,29,30)/t20-/m1/s1. The number of benzene rings is 1. The van der Waals surface area contributed by atoms with Crippen molar-refractivity contribution in [2.24, 2.45) is 0 Å². The third kappa shape index (κ3) is 4.44. The van der Waals surface area contributed by atoms with Crippen LogP contribution in [0.5, 0.6) is 0 Å². The number of aryl methyl sites for hydroxylation is 3. The first-order valence-corrected chi connectivity index (χ1v) is 11.4. The van der Waals surface area contributed by atoms with E-state index in [1.165, 1.54) is 5.56 Å². The van der Waals surface area contributed by atoms with E-state index in [0.717, 1.165) is 47.7 Å². The summed E-state index contributed by atoms with van der Waals surface area (Å²) in [5.74, 6) is 0.176. The molecular weight excluding hydrogens is 412 g/mol. The van der Waals surface area contributed by atoms with Gasteiger partial charge in [-0.1, -0.05) is 17.7 Å². The van der Waals surface area contributed by atoms with Crippen LogP contribution in [0.15, 0.2) is 55.0 Å². The lowest BCUT2D eigenvalue weighted by Crippen LogP contribution is -2.39. The van der Waals surface area contributed by atoms with Crippen molar-refractivity contribution in [2.45, 2.75) is 39.5 Å². The zero-order chi connectivity index (χ0) is 22.9. The summed E-state index contributed by atoms with van der Waals surface area (Å²) in [6.07, 6.45) is 7.24. The SMILES string of the molecule is Cc1ccc(Nc2cc(C)nc([C@@H]3CCCN(C(=O)c4cnn5cc(C)cnc45)C3)c2)cc1. The molecule has 1 atom stereocenters. The van der Waals surface area contributed by atoms with E-state index in [4.69, 9.17) is 4.98 Å². The number of anilines is 2. The van der Waals surface area contributed by atoms with Gasteiger partial charge >= 0.3 is 0 Å². The number of fused-ring (bicyclic) bond motifs is 1. The number of carbonyl (C=O) groups is 1. The van der Waals surface area contributed by atoms with Gasteiger partial charge in [-0.15, -0.1) is 0 Å². The fourth-order valence-corrected chi connectivity index (χ4v) is 4.47. The van der Waals surface area contributed by atoms with E-state index >= 15 is 0 Å². The number of likely N-dealkylation sites (tertiary alicyclic amines) is 1. The van der Waals surface area contributed by atoms with Crippen molar-refractivity contribution < 1.29 is 4.79 Å². The molecule has 0 bridgehead atoms. The van der Waals surface area contributed by atoms with Gasteiger partial charge in [0.1, 0.15) is 5.56 Å². The van der Waals surface area contributed by atoms with Crippen LogP contribution in [0.1, 0.15) is 51.6 Å². The molecule has 0 spiro atoms. The van der Waals surface area contributed by atoms with Crippen LogP contribution in [0.4, 0.5) is 11.4 Å². The predicted octanol–water partition coefficient (Wildman–Crippen LogP) is 4.81. The third-order valence-corrected chi connectivity index (χ3v) is 6.16. The van der Waals surface area contributed by atoms with Crippen LogP contribution in [-0.4, -0.2) is 43.5 Å². The number of carbonyl (C=O) groups excluding carboxylic acids is 1. The third-order valence-electron chi connectivity index (χ3n) is 6.16. The van der Waals surface area contributed by atoms with Gasteiger partial charge in [-0.05, 0) is 63.4 Å². The average molecular weight is 441 g/mol. The molecule has 7 nitrogen and oxygen atoms in total. The summed E-state index contributed by atoms with van der Waals surface area (Å²) in [6, 6.07) is 12.5. The molecule has 1 N–H and O–H groups in total. The maximum atomic E-state index is 13.3. The lowest BCUT2D eigenvalue weighted by molar-refractivity contribution is 0.0707. The number of amides is 1. The lowest BCUT2D eigenvalue weighted by atomic mass is 9.93. The van der Waals surface area contributed by atoms with Gasteiger partial charge < -0.3 is 10.2 Å². The van der Waals surface area contributed by atoms with E-state index in [9.17, 15) is 4.79 Å². The summed E-state index contributed by atoms with van der Waals surface area (Å²) in [4.78, 5) is 24.5. The lowest BCUT2D eigenvalue weighted by Gasteiger charge is -2.32. The van der Waals surface area contributed by atoms with E-state index in [0.29, 0.717) is 17.8 Å². The molecule has 0 saturated carbocycles. The topological polar surface area (TPSA) is 75.4 Å². The maximum absolute atomic E-state index is 13.3. The number of nitrogens with zero attached hydrogens (tertiary/aromatic N) is 5. The van der Waals surface area contributed by atoms with Crippen molar-refractivity contribution in [1.29, 1.82) is 0 Å². The van der Waals surface area contributed by atoms with Crippen LogP contribution < -0.4 is 5.32 Å². The molecule has 0 aliphatic carbocycles. The second-order valence-corrected chi connectivity index (χ2v) is 8.96. The largest absolute Gasteiger partial charge is 0.355 e. The molecule has 1 saturated heterocycles. The Morgan fingerprint density at radius 3 is 2.67 bits per heavy atom. The molecule has 1 aliphatic heterocycles. The minimum absolute atomic E-state index is 0.0169. The summed E-state index contributed by atoms with van der Waals surface area (Å²) >= 11 is 0. The quantitative estimate of drug-likeness (QED) is 0.493. The normalized spacial score (nSPS) is 16.2. The predicted molar refractivity (Wildman–Crippen MR) is 129 cm³/mol. The second kappa shape index (κ2) is 8.65. The monoisotopic (exact) mass is 440 g/mol. The Kier molecular flexibility index (Phi) is 5.54. The Hall–Kier alpha value is -3.74. The number of hydrogen-bond acceptors (Lipinski definition) is 5. The first-order valence-electron chi connectivity index (χ1n) is 11.4. The Morgan fingerprint density at radius 1 is 1.03 bits per heavy atom. The number of aromatic nitrogens is 4. The molecule has 3 aromatic heterocycles. The molecule has 5 rings (SSSR count). The van der Waals surface area contributed by atoms with Gasteiger partial charge in [0.2, 0.25) is 0 Å². The Bertz CT molecular complexity index is 1310. The highest BCUT2D eigenvalue weighted by molar-refractivity contribution is 5.99. The van der Waals surface area contributed by atoms with Gasteiger partial charge in [0, 0.05) is 54.2 Å². The zero-order valence-electron chi connectivity index (χ0n) is 19.2. The van der Waals surface area contributed by atoms with E-state index in [1.54, 1.807) is 16.9 Å². The Labute approximate surface area is 193 Å². The summed E-state index contributed by atoms with van der Waals surface area (Å²) in [6.45, 7) is 7.43. The highest BCUT2D eigenvalue weighted by atomic mass is 16.2. The van der Waals surface area contributed by atoms with Gasteiger partial charge in [-0.3, -0.25) is 9.78 Å². The van der Waals surface area contributed by atoms with Crippen molar-refractivity contribution in [2.75, 3.05) is 18.4 Å². The first kappa shape index (κ1) is 21.1. The fourth-order valence-electron chi connectivity index (χ4n) is 4.47. The summed E-state index contributed by atoms with van der Waals surface area (Å²) in [5, 5.41) is 7.82. The second-order valence-electron chi connectivity index (χ2n) is 8.96. The van der Waals surface area contributed by atoms with Crippen molar-refractivity contribution in [3.05, 3.63) is 83.1 Å². The number of piperidine rings is 1. The first-order chi connectivity index (χ1) is 16.0. The highest BCUT2D eigenvalue weighted by Crippen LogP contribution is 2.30. The number of hydrogen-bond donors (Lipinski definition) is 1. The molecule has 33 heavy (non-hydrogen) atoms. The summed E-state index contributed by atoms with van der Waals surface area (Å²) < 4.78 is 1.68. The maximum Gasteiger partial charge on any atom is 0.259 e. The summed E-state index contributed by atoms with van der Waals surface area (Å²) in [7, 11) is 0. The van der Waals surface area contributed by atoms with Crippen molar-refractivity contribution in [3.8, 4) is 0 Å². The van der Waals surface area contributed by atoms with E-state index < -0.39 is 0 Å². The van der Waals surface area contributed by atoms with Crippen LogP contribution in [0.25, 0.3) is 5.65 Å². The molecule has 4 heterocycles. The molecule has 1 fully saturated rings.